The van der Waals surface area contributed by atoms with Crippen molar-refractivity contribution in [2.45, 2.75) is 13.5 Å². The molecule has 2 aromatic rings. The summed E-state index contributed by atoms with van der Waals surface area (Å²) in [5, 5.41) is 2.69. The number of amides is 1. The molecule has 0 aromatic heterocycles. The summed E-state index contributed by atoms with van der Waals surface area (Å²) < 4.78 is 23.2. The minimum atomic E-state index is -0.688. The minimum Gasteiger partial charge on any atom is -0.494 e. The maximum absolute atomic E-state index is 13.6. The zero-order valence-corrected chi connectivity index (χ0v) is 14.6. The van der Waals surface area contributed by atoms with E-state index in [9.17, 15) is 14.0 Å². The molecular weight excluding hydrogens is 337 g/mol. The topological polar surface area (TPSA) is 64.6 Å². The van der Waals surface area contributed by atoms with Gasteiger partial charge in [0.1, 0.15) is 0 Å². The molecule has 5 nitrogen and oxygen atoms in total. The third-order valence-corrected chi connectivity index (χ3v) is 3.67. The zero-order chi connectivity index (χ0) is 18.9. The summed E-state index contributed by atoms with van der Waals surface area (Å²) in [5.41, 5.74) is 2.54. The molecule has 0 radical (unpaired) electrons. The van der Waals surface area contributed by atoms with Crippen molar-refractivity contribution in [2.75, 3.05) is 13.7 Å². The fourth-order valence-electron chi connectivity index (χ4n) is 2.19. The lowest BCUT2D eigenvalue weighted by Crippen LogP contribution is -2.28. The summed E-state index contributed by atoms with van der Waals surface area (Å²) in [5.74, 6) is -1.49. The molecule has 1 amide bonds. The first-order valence-electron chi connectivity index (χ1n) is 7.99. The van der Waals surface area contributed by atoms with Crippen molar-refractivity contribution in [3.05, 3.63) is 71.0 Å². The van der Waals surface area contributed by atoms with E-state index in [-0.39, 0.29) is 12.4 Å². The third kappa shape index (κ3) is 5.73. The first-order valence-corrected chi connectivity index (χ1v) is 7.99. The van der Waals surface area contributed by atoms with Gasteiger partial charge >= 0.3 is 5.97 Å². The van der Waals surface area contributed by atoms with Gasteiger partial charge < -0.3 is 14.8 Å². The molecule has 0 atom stereocenters. The van der Waals surface area contributed by atoms with Gasteiger partial charge in [0.25, 0.3) is 5.91 Å². The van der Waals surface area contributed by atoms with Gasteiger partial charge in [-0.15, -0.1) is 0 Å². The Hall–Kier alpha value is -3.15. The van der Waals surface area contributed by atoms with Crippen LogP contribution >= 0.6 is 0 Å². The van der Waals surface area contributed by atoms with Gasteiger partial charge in [-0.1, -0.05) is 30.3 Å². The van der Waals surface area contributed by atoms with E-state index in [4.69, 9.17) is 9.47 Å². The maximum atomic E-state index is 13.6. The Kier molecular flexibility index (Phi) is 6.91. The molecule has 0 heterocycles. The molecule has 26 heavy (non-hydrogen) atoms. The zero-order valence-electron chi connectivity index (χ0n) is 14.6. The van der Waals surface area contributed by atoms with Gasteiger partial charge in [-0.25, -0.2) is 9.18 Å². The number of methoxy groups -OCH3 is 1. The highest BCUT2D eigenvalue weighted by molar-refractivity contribution is 5.89. The molecule has 136 valence electrons. The fraction of sp³-hybridized carbons (Fsp3) is 0.200. The molecular formula is C20H20FNO4. The Labute approximate surface area is 151 Å². The van der Waals surface area contributed by atoms with Crippen LogP contribution in [0.3, 0.4) is 0 Å². The van der Waals surface area contributed by atoms with Gasteiger partial charge in [0.05, 0.1) is 7.11 Å². The normalized spacial score (nSPS) is 10.6. The molecule has 0 spiro atoms. The van der Waals surface area contributed by atoms with Crippen LogP contribution in [0.1, 0.15) is 16.7 Å². The number of rotatable bonds is 7. The second kappa shape index (κ2) is 9.36. The first-order chi connectivity index (χ1) is 12.5. The Balaban J connectivity index is 1.78. The number of nitrogens with one attached hydrogen (secondary N) is 1. The Morgan fingerprint density at radius 3 is 2.65 bits per heavy atom. The summed E-state index contributed by atoms with van der Waals surface area (Å²) in [7, 11) is 1.37. The van der Waals surface area contributed by atoms with Crippen LogP contribution in [-0.4, -0.2) is 25.6 Å². The van der Waals surface area contributed by atoms with E-state index in [1.165, 1.54) is 25.3 Å². The van der Waals surface area contributed by atoms with Crippen LogP contribution in [0, 0.1) is 12.7 Å². The summed E-state index contributed by atoms with van der Waals surface area (Å²) >= 11 is 0. The van der Waals surface area contributed by atoms with Gasteiger partial charge in [-0.2, -0.15) is 0 Å². The number of halogens is 1. The van der Waals surface area contributed by atoms with E-state index < -0.39 is 17.7 Å². The summed E-state index contributed by atoms with van der Waals surface area (Å²) in [6.07, 6.45) is 2.53. The summed E-state index contributed by atoms with van der Waals surface area (Å²) in [6.45, 7) is 1.93. The third-order valence-electron chi connectivity index (χ3n) is 3.67. The smallest absolute Gasteiger partial charge is 0.331 e. The van der Waals surface area contributed by atoms with Gasteiger partial charge in [-0.3, -0.25) is 4.79 Å². The van der Waals surface area contributed by atoms with Gasteiger partial charge in [0.15, 0.2) is 18.2 Å². The van der Waals surface area contributed by atoms with Crippen molar-refractivity contribution in [3.8, 4) is 5.75 Å². The fourth-order valence-corrected chi connectivity index (χ4v) is 2.19. The highest BCUT2D eigenvalue weighted by Crippen LogP contribution is 2.18. The SMILES string of the molecule is COc1ccc(/C=C/C(=O)OCC(=O)NCc2ccccc2C)cc1F. The highest BCUT2D eigenvalue weighted by Gasteiger charge is 2.06. The van der Waals surface area contributed by atoms with Crippen LogP contribution in [0.4, 0.5) is 4.39 Å². The molecule has 6 heteroatoms. The van der Waals surface area contributed by atoms with E-state index in [1.807, 2.05) is 31.2 Å². The van der Waals surface area contributed by atoms with E-state index in [1.54, 1.807) is 6.07 Å². The average Bonchev–Trinajstić information content (AvgIpc) is 2.64. The van der Waals surface area contributed by atoms with Gasteiger partial charge in [-0.05, 0) is 41.8 Å². The van der Waals surface area contributed by atoms with Crippen molar-refractivity contribution in [3.63, 3.8) is 0 Å². The van der Waals surface area contributed by atoms with Gasteiger partial charge in [0, 0.05) is 12.6 Å². The molecule has 0 saturated heterocycles. The van der Waals surface area contributed by atoms with Crippen LogP contribution in [0.15, 0.2) is 48.5 Å². The number of carbonyl (C=O) groups is 2. The van der Waals surface area contributed by atoms with Crippen LogP contribution in [0.25, 0.3) is 6.08 Å². The number of ether oxygens (including phenoxy) is 2. The molecule has 0 aliphatic rings. The largest absolute Gasteiger partial charge is 0.494 e. The number of hydrogen-bond donors (Lipinski definition) is 1. The summed E-state index contributed by atoms with van der Waals surface area (Å²) in [6, 6.07) is 12.0. The Bertz CT molecular complexity index is 817. The molecule has 0 saturated carbocycles. The average molecular weight is 357 g/mol. The molecule has 0 bridgehead atoms. The lowest BCUT2D eigenvalue weighted by molar-refractivity contribution is -0.143. The van der Waals surface area contributed by atoms with Crippen LogP contribution in [-0.2, 0) is 20.9 Å². The standard InChI is InChI=1S/C20H20FNO4/c1-14-5-3-4-6-16(14)12-22-19(23)13-26-20(24)10-8-15-7-9-18(25-2)17(21)11-15/h3-11H,12-13H2,1-2H3,(H,22,23)/b10-8+. The lowest BCUT2D eigenvalue weighted by atomic mass is 10.1. The molecule has 1 N–H and O–H groups in total. The second-order valence-corrected chi connectivity index (χ2v) is 5.54. The predicted molar refractivity (Wildman–Crippen MR) is 96.0 cm³/mol. The number of aryl methyl sites for hydroxylation is 1. The second-order valence-electron chi connectivity index (χ2n) is 5.54. The number of hydrogen-bond acceptors (Lipinski definition) is 4. The van der Waals surface area contributed by atoms with E-state index in [0.29, 0.717) is 12.1 Å². The van der Waals surface area contributed by atoms with E-state index >= 15 is 0 Å². The molecule has 0 unspecified atom stereocenters. The van der Waals surface area contributed by atoms with E-state index in [0.717, 1.165) is 17.2 Å². The number of benzene rings is 2. The number of carbonyl (C=O) groups excluding carboxylic acids is 2. The molecule has 0 aliphatic carbocycles. The van der Waals surface area contributed by atoms with Crippen LogP contribution < -0.4 is 10.1 Å². The van der Waals surface area contributed by atoms with Crippen molar-refractivity contribution in [2.24, 2.45) is 0 Å². The predicted octanol–water partition coefficient (Wildman–Crippen LogP) is 3.02. The van der Waals surface area contributed by atoms with Crippen molar-refractivity contribution in [1.29, 1.82) is 0 Å². The quantitative estimate of drug-likeness (QED) is 0.611. The highest BCUT2D eigenvalue weighted by atomic mass is 19.1. The van der Waals surface area contributed by atoms with Crippen molar-refractivity contribution >= 4 is 18.0 Å². The van der Waals surface area contributed by atoms with Gasteiger partial charge in [0.2, 0.25) is 0 Å². The lowest BCUT2D eigenvalue weighted by Gasteiger charge is -2.07. The summed E-state index contributed by atoms with van der Waals surface area (Å²) in [4.78, 5) is 23.4. The maximum Gasteiger partial charge on any atom is 0.331 e. The number of esters is 1. The molecule has 0 aliphatic heterocycles. The van der Waals surface area contributed by atoms with Crippen molar-refractivity contribution < 1.29 is 23.5 Å². The Morgan fingerprint density at radius 2 is 1.96 bits per heavy atom. The van der Waals surface area contributed by atoms with Crippen LogP contribution in [0.5, 0.6) is 5.75 Å². The van der Waals surface area contributed by atoms with Crippen LogP contribution in [0.2, 0.25) is 0 Å². The monoisotopic (exact) mass is 357 g/mol. The van der Waals surface area contributed by atoms with Crippen molar-refractivity contribution in [1.82, 2.24) is 5.32 Å². The Morgan fingerprint density at radius 1 is 1.19 bits per heavy atom. The molecule has 2 rings (SSSR count). The molecule has 0 fully saturated rings. The minimum absolute atomic E-state index is 0.120. The first kappa shape index (κ1) is 19.2. The van der Waals surface area contributed by atoms with E-state index in [2.05, 4.69) is 5.32 Å². The molecule has 2 aromatic carbocycles.